The Bertz CT molecular complexity index is 932. The van der Waals surface area contributed by atoms with E-state index in [0.29, 0.717) is 6.54 Å². The quantitative estimate of drug-likeness (QED) is 0.381. The zero-order chi connectivity index (χ0) is 21.5. The Labute approximate surface area is 187 Å². The average molecular weight is 470 g/mol. The van der Waals surface area contributed by atoms with Crippen molar-refractivity contribution in [3.8, 4) is 0 Å². The van der Waals surface area contributed by atoms with E-state index in [4.69, 9.17) is 0 Å². The van der Waals surface area contributed by atoms with Gasteiger partial charge in [0.05, 0.1) is 13.7 Å². The van der Waals surface area contributed by atoms with Gasteiger partial charge in [0.1, 0.15) is 0 Å². The van der Waals surface area contributed by atoms with Gasteiger partial charge in [-0.05, 0) is 60.7 Å². The summed E-state index contributed by atoms with van der Waals surface area (Å²) in [5.41, 5.74) is 3.94. The van der Waals surface area contributed by atoms with Crippen LogP contribution in [0.1, 0.15) is 48.8 Å². The molecule has 1 aliphatic carbocycles. The minimum atomic E-state index is -0.402. The lowest BCUT2D eigenvalue weighted by Gasteiger charge is -2.30. The Morgan fingerprint density at radius 2 is 1.90 bits per heavy atom. The number of amides is 1. The van der Waals surface area contributed by atoms with Gasteiger partial charge >= 0.3 is 5.97 Å². The van der Waals surface area contributed by atoms with Crippen LogP contribution in [-0.4, -0.2) is 19.0 Å². The SMILES string of the molecule is COC(=O)/C=C/c1cccc(N(Cc2ccc(Br)c(C)c2)C(=O)C2CCCCC2)c1. The summed E-state index contributed by atoms with van der Waals surface area (Å²) >= 11 is 3.55. The predicted molar refractivity (Wildman–Crippen MR) is 124 cm³/mol. The minimum Gasteiger partial charge on any atom is -0.466 e. The Kier molecular flexibility index (Phi) is 7.86. The van der Waals surface area contributed by atoms with Gasteiger partial charge in [-0.15, -0.1) is 0 Å². The van der Waals surface area contributed by atoms with Gasteiger partial charge in [0, 0.05) is 22.2 Å². The minimum absolute atomic E-state index is 0.0737. The largest absolute Gasteiger partial charge is 0.466 e. The smallest absolute Gasteiger partial charge is 0.330 e. The molecule has 0 heterocycles. The number of hydrogen-bond acceptors (Lipinski definition) is 3. The molecule has 4 nitrogen and oxygen atoms in total. The number of carbonyl (C=O) groups is 2. The van der Waals surface area contributed by atoms with Crippen LogP contribution in [0.4, 0.5) is 5.69 Å². The van der Waals surface area contributed by atoms with Gasteiger partial charge in [0.15, 0.2) is 0 Å². The van der Waals surface area contributed by atoms with Crippen molar-refractivity contribution in [1.82, 2.24) is 0 Å². The molecule has 0 aliphatic heterocycles. The molecular formula is C25H28BrNO3. The van der Waals surface area contributed by atoms with Crippen molar-refractivity contribution in [1.29, 1.82) is 0 Å². The molecule has 0 radical (unpaired) electrons. The fourth-order valence-electron chi connectivity index (χ4n) is 3.88. The third-order valence-electron chi connectivity index (χ3n) is 5.58. The molecule has 2 aromatic rings. The summed E-state index contributed by atoms with van der Waals surface area (Å²) in [6, 6.07) is 13.9. The number of anilines is 1. The molecule has 3 rings (SSSR count). The third kappa shape index (κ3) is 5.82. The van der Waals surface area contributed by atoms with Crippen molar-refractivity contribution in [2.24, 2.45) is 5.92 Å². The standard InChI is InChI=1S/C25H28BrNO3/c1-18-15-20(11-13-23(18)26)17-27(25(29)21-8-4-3-5-9-21)22-10-6-7-19(16-22)12-14-24(28)30-2/h6-7,10-16,21H,3-5,8-9,17H2,1-2H3/b14-12+. The van der Waals surface area contributed by atoms with Crippen LogP contribution in [0.15, 0.2) is 53.0 Å². The van der Waals surface area contributed by atoms with Crippen molar-refractivity contribution in [3.63, 3.8) is 0 Å². The molecule has 5 heteroatoms. The molecule has 1 saturated carbocycles. The number of aryl methyl sites for hydroxylation is 1. The topological polar surface area (TPSA) is 46.6 Å². The van der Waals surface area contributed by atoms with Crippen LogP contribution in [0.3, 0.4) is 0 Å². The van der Waals surface area contributed by atoms with Crippen LogP contribution in [0.5, 0.6) is 0 Å². The second-order valence-corrected chi connectivity index (χ2v) is 8.65. The van der Waals surface area contributed by atoms with E-state index < -0.39 is 5.97 Å². The molecule has 0 N–H and O–H groups in total. The summed E-state index contributed by atoms with van der Waals surface area (Å²) in [6.07, 6.45) is 8.46. The van der Waals surface area contributed by atoms with Crippen molar-refractivity contribution >= 4 is 39.6 Å². The van der Waals surface area contributed by atoms with Gasteiger partial charge in [-0.2, -0.15) is 0 Å². The van der Waals surface area contributed by atoms with Crippen molar-refractivity contribution in [3.05, 3.63) is 69.7 Å². The van der Waals surface area contributed by atoms with Crippen LogP contribution in [-0.2, 0) is 20.9 Å². The number of ether oxygens (including phenoxy) is 1. The summed E-state index contributed by atoms with van der Waals surface area (Å²) in [6.45, 7) is 2.58. The third-order valence-corrected chi connectivity index (χ3v) is 6.47. The Morgan fingerprint density at radius 1 is 1.13 bits per heavy atom. The van der Waals surface area contributed by atoms with Crippen LogP contribution in [0, 0.1) is 12.8 Å². The molecule has 0 bridgehead atoms. The highest BCUT2D eigenvalue weighted by atomic mass is 79.9. The number of halogens is 1. The Balaban J connectivity index is 1.92. The number of esters is 1. The predicted octanol–water partition coefficient (Wildman–Crippen LogP) is 6.06. The van der Waals surface area contributed by atoms with Gasteiger partial charge in [-0.3, -0.25) is 4.79 Å². The Hall–Kier alpha value is -2.40. The van der Waals surface area contributed by atoms with Crippen LogP contribution >= 0.6 is 15.9 Å². The molecule has 0 aromatic heterocycles. The summed E-state index contributed by atoms with van der Waals surface area (Å²) in [5, 5.41) is 0. The van der Waals surface area contributed by atoms with Crippen LogP contribution < -0.4 is 4.90 Å². The molecule has 1 fully saturated rings. The first-order valence-electron chi connectivity index (χ1n) is 10.4. The van der Waals surface area contributed by atoms with Crippen molar-refractivity contribution in [2.45, 2.75) is 45.6 Å². The molecule has 158 valence electrons. The number of nitrogens with zero attached hydrogens (tertiary/aromatic N) is 1. The maximum atomic E-state index is 13.5. The van der Waals surface area contributed by atoms with Crippen molar-refractivity contribution in [2.75, 3.05) is 12.0 Å². The normalized spacial score (nSPS) is 14.6. The molecule has 1 amide bonds. The number of rotatable bonds is 6. The molecule has 1 aliphatic rings. The highest BCUT2D eigenvalue weighted by Crippen LogP contribution is 2.30. The molecule has 0 spiro atoms. The number of benzene rings is 2. The zero-order valence-electron chi connectivity index (χ0n) is 17.6. The monoisotopic (exact) mass is 469 g/mol. The molecule has 0 atom stereocenters. The lowest BCUT2D eigenvalue weighted by molar-refractivity contribution is -0.134. The van der Waals surface area contributed by atoms with Gasteiger partial charge in [0.25, 0.3) is 0 Å². The molecule has 30 heavy (non-hydrogen) atoms. The number of carbonyl (C=O) groups excluding carboxylic acids is 2. The first kappa shape index (κ1) is 22.3. The summed E-state index contributed by atoms with van der Waals surface area (Å²) in [4.78, 5) is 26.8. The average Bonchev–Trinajstić information content (AvgIpc) is 2.78. The van der Waals surface area contributed by atoms with Crippen LogP contribution in [0.25, 0.3) is 6.08 Å². The first-order valence-corrected chi connectivity index (χ1v) is 11.2. The van der Waals surface area contributed by atoms with E-state index in [1.807, 2.05) is 35.2 Å². The second kappa shape index (κ2) is 10.6. The van der Waals surface area contributed by atoms with E-state index in [1.165, 1.54) is 19.6 Å². The summed E-state index contributed by atoms with van der Waals surface area (Å²) in [5.74, 6) is -0.144. The first-order chi connectivity index (χ1) is 14.5. The van der Waals surface area contributed by atoms with Gasteiger partial charge in [0.2, 0.25) is 5.91 Å². The maximum absolute atomic E-state index is 13.5. The van der Waals surface area contributed by atoms with Crippen LogP contribution in [0.2, 0.25) is 0 Å². The second-order valence-electron chi connectivity index (χ2n) is 7.79. The molecule has 2 aromatic carbocycles. The van der Waals surface area contributed by atoms with Gasteiger partial charge in [-0.25, -0.2) is 4.79 Å². The van der Waals surface area contributed by atoms with E-state index >= 15 is 0 Å². The molecule has 0 unspecified atom stereocenters. The van der Waals surface area contributed by atoms with E-state index in [9.17, 15) is 9.59 Å². The van der Waals surface area contributed by atoms with E-state index in [1.54, 1.807) is 6.08 Å². The lowest BCUT2D eigenvalue weighted by Crippen LogP contribution is -2.36. The fourth-order valence-corrected chi connectivity index (χ4v) is 4.13. The van der Waals surface area contributed by atoms with E-state index in [0.717, 1.165) is 52.5 Å². The van der Waals surface area contributed by atoms with E-state index in [2.05, 4.69) is 39.7 Å². The zero-order valence-corrected chi connectivity index (χ0v) is 19.2. The lowest BCUT2D eigenvalue weighted by atomic mass is 9.88. The fraction of sp³-hybridized carbons (Fsp3) is 0.360. The van der Waals surface area contributed by atoms with Gasteiger partial charge in [-0.1, -0.05) is 59.5 Å². The van der Waals surface area contributed by atoms with Crippen molar-refractivity contribution < 1.29 is 14.3 Å². The number of methoxy groups -OCH3 is 1. The Morgan fingerprint density at radius 3 is 2.60 bits per heavy atom. The highest BCUT2D eigenvalue weighted by Gasteiger charge is 2.27. The maximum Gasteiger partial charge on any atom is 0.330 e. The molecule has 0 saturated heterocycles. The molecular weight excluding hydrogens is 442 g/mol. The number of hydrogen-bond donors (Lipinski definition) is 0. The van der Waals surface area contributed by atoms with E-state index in [-0.39, 0.29) is 11.8 Å². The van der Waals surface area contributed by atoms with Gasteiger partial charge < -0.3 is 9.64 Å². The summed E-state index contributed by atoms with van der Waals surface area (Å²) in [7, 11) is 1.36. The highest BCUT2D eigenvalue weighted by molar-refractivity contribution is 9.10. The summed E-state index contributed by atoms with van der Waals surface area (Å²) < 4.78 is 5.73.